The number of alkyl carbamates (subject to hydrolysis) is 1. The molecule has 43 heavy (non-hydrogen) atoms. The number of benzene rings is 3. The minimum atomic E-state index is -0.909. The van der Waals surface area contributed by atoms with Crippen LogP contribution in [0.2, 0.25) is 0 Å². The Morgan fingerprint density at radius 1 is 0.814 bits per heavy atom. The molecule has 0 saturated heterocycles. The van der Waals surface area contributed by atoms with E-state index in [4.69, 9.17) is 23.7 Å². The molecule has 0 aliphatic carbocycles. The molecule has 0 bridgehead atoms. The van der Waals surface area contributed by atoms with E-state index in [1.54, 1.807) is 65.3 Å². The third-order valence-electron chi connectivity index (χ3n) is 5.83. The fraction of sp³-hybridized carbons (Fsp3) is 0.303. The molecule has 0 aliphatic rings. The predicted molar refractivity (Wildman–Crippen MR) is 163 cm³/mol. The Hall–Kier alpha value is -4.99. The molecule has 0 fully saturated rings. The van der Waals surface area contributed by atoms with E-state index < -0.39 is 29.8 Å². The lowest BCUT2D eigenvalue weighted by atomic mass is 10.1. The molecule has 0 heterocycles. The third kappa shape index (κ3) is 11.8. The Morgan fingerprint density at radius 2 is 1.44 bits per heavy atom. The monoisotopic (exact) mass is 590 g/mol. The molecule has 3 aromatic rings. The van der Waals surface area contributed by atoms with Crippen LogP contribution in [0.5, 0.6) is 17.2 Å². The second-order valence-corrected chi connectivity index (χ2v) is 10.4. The van der Waals surface area contributed by atoms with Crippen LogP contribution >= 0.6 is 0 Å². The number of carbonyl (C=O) groups excluding carboxylic acids is 3. The summed E-state index contributed by atoms with van der Waals surface area (Å²) in [7, 11) is 3.19. The van der Waals surface area contributed by atoms with Crippen LogP contribution in [0.15, 0.2) is 72.8 Å². The maximum atomic E-state index is 12.9. The van der Waals surface area contributed by atoms with Gasteiger partial charge in [0, 0.05) is 12.5 Å². The molecule has 0 aliphatic heterocycles. The summed E-state index contributed by atoms with van der Waals surface area (Å²) in [5.41, 5.74) is 1.93. The van der Waals surface area contributed by atoms with E-state index in [2.05, 4.69) is 10.6 Å². The number of amides is 2. The molecule has 2 amide bonds. The number of rotatable bonds is 12. The van der Waals surface area contributed by atoms with E-state index in [9.17, 15) is 14.4 Å². The zero-order valence-electron chi connectivity index (χ0n) is 25.0. The second-order valence-electron chi connectivity index (χ2n) is 10.4. The van der Waals surface area contributed by atoms with Crippen molar-refractivity contribution in [3.63, 3.8) is 0 Å². The van der Waals surface area contributed by atoms with Crippen molar-refractivity contribution in [3.8, 4) is 17.2 Å². The molecule has 0 spiro atoms. The zero-order valence-corrected chi connectivity index (χ0v) is 25.0. The van der Waals surface area contributed by atoms with E-state index in [0.717, 1.165) is 16.7 Å². The van der Waals surface area contributed by atoms with Crippen LogP contribution in [0.1, 0.15) is 37.5 Å². The highest BCUT2D eigenvalue weighted by molar-refractivity contribution is 5.86. The molecule has 1 unspecified atom stereocenters. The standard InChI is InChI=1S/C33H38N2O8/c1-33(2,3)43-31(37)35-29(21-24-9-7-6-8-10-24)30(36)34-17-18-41-32(38)42-26-15-13-23(14-16-26)11-12-25-19-27(39-4)22-28(20-25)40-5/h6-16,19-20,22,29H,17-18,21H2,1-5H3,(H,34,36)(H,35,37)/b12-11+. The average molecular weight is 591 g/mol. The summed E-state index contributed by atoms with van der Waals surface area (Å²) >= 11 is 0. The topological polar surface area (TPSA) is 121 Å². The number of methoxy groups -OCH3 is 2. The van der Waals surface area contributed by atoms with E-state index in [1.165, 1.54) is 0 Å². The third-order valence-corrected chi connectivity index (χ3v) is 5.83. The van der Waals surface area contributed by atoms with Crippen LogP contribution in [-0.2, 0) is 20.7 Å². The van der Waals surface area contributed by atoms with Gasteiger partial charge >= 0.3 is 12.2 Å². The van der Waals surface area contributed by atoms with E-state index in [-0.39, 0.29) is 19.6 Å². The quantitative estimate of drug-likeness (QED) is 0.120. The summed E-state index contributed by atoms with van der Waals surface area (Å²) in [6.45, 7) is 5.11. The molecule has 3 aromatic carbocycles. The zero-order chi connectivity index (χ0) is 31.2. The van der Waals surface area contributed by atoms with E-state index in [0.29, 0.717) is 17.2 Å². The van der Waals surface area contributed by atoms with Gasteiger partial charge in [-0.2, -0.15) is 0 Å². The first kappa shape index (κ1) is 32.5. The minimum Gasteiger partial charge on any atom is -0.497 e. The van der Waals surface area contributed by atoms with E-state index in [1.807, 2.05) is 54.6 Å². The van der Waals surface area contributed by atoms with Crippen LogP contribution in [-0.4, -0.2) is 57.2 Å². The summed E-state index contributed by atoms with van der Waals surface area (Å²) in [5.74, 6) is 1.23. The van der Waals surface area contributed by atoms with Crippen molar-refractivity contribution in [2.24, 2.45) is 0 Å². The van der Waals surface area contributed by atoms with Crippen LogP contribution in [0.25, 0.3) is 12.2 Å². The lowest BCUT2D eigenvalue weighted by Gasteiger charge is -2.23. The van der Waals surface area contributed by atoms with Crippen molar-refractivity contribution in [2.75, 3.05) is 27.4 Å². The molecule has 1 atom stereocenters. The normalized spacial score (nSPS) is 11.7. The number of ether oxygens (including phenoxy) is 5. The van der Waals surface area contributed by atoms with Gasteiger partial charge in [-0.1, -0.05) is 54.6 Å². The van der Waals surface area contributed by atoms with Gasteiger partial charge in [0.15, 0.2) is 0 Å². The first-order chi connectivity index (χ1) is 20.5. The van der Waals surface area contributed by atoms with Gasteiger partial charge in [0.05, 0.1) is 20.8 Å². The van der Waals surface area contributed by atoms with Crippen molar-refractivity contribution in [1.82, 2.24) is 10.6 Å². The lowest BCUT2D eigenvalue weighted by molar-refractivity contribution is -0.123. The smallest absolute Gasteiger partial charge is 0.497 e. The van der Waals surface area contributed by atoms with Crippen molar-refractivity contribution >= 4 is 30.3 Å². The summed E-state index contributed by atoms with van der Waals surface area (Å²) in [5, 5.41) is 5.29. The first-order valence-corrected chi connectivity index (χ1v) is 13.7. The van der Waals surface area contributed by atoms with Crippen LogP contribution in [0, 0.1) is 0 Å². The summed E-state index contributed by atoms with van der Waals surface area (Å²) in [6, 6.07) is 20.8. The van der Waals surface area contributed by atoms with Crippen molar-refractivity contribution in [3.05, 3.63) is 89.5 Å². The summed E-state index contributed by atoms with van der Waals surface area (Å²) in [4.78, 5) is 37.3. The van der Waals surface area contributed by atoms with Gasteiger partial charge in [0.2, 0.25) is 5.91 Å². The number of hydrogen-bond donors (Lipinski definition) is 2. The Kier molecular flexibility index (Phi) is 12.0. The van der Waals surface area contributed by atoms with Gasteiger partial charge in [-0.15, -0.1) is 0 Å². The molecule has 10 heteroatoms. The number of nitrogens with one attached hydrogen (secondary N) is 2. The van der Waals surface area contributed by atoms with E-state index >= 15 is 0 Å². The van der Waals surface area contributed by atoms with Gasteiger partial charge in [0.25, 0.3) is 0 Å². The molecule has 0 saturated carbocycles. The van der Waals surface area contributed by atoms with Gasteiger partial charge in [0.1, 0.15) is 35.5 Å². The Balaban J connectivity index is 1.46. The predicted octanol–water partition coefficient (Wildman–Crippen LogP) is 5.64. The molecule has 228 valence electrons. The van der Waals surface area contributed by atoms with Crippen LogP contribution in [0.4, 0.5) is 9.59 Å². The maximum Gasteiger partial charge on any atom is 0.513 e. The van der Waals surface area contributed by atoms with Gasteiger partial charge in [-0.3, -0.25) is 4.79 Å². The fourth-order valence-electron chi connectivity index (χ4n) is 3.83. The molecule has 3 rings (SSSR count). The highest BCUT2D eigenvalue weighted by Gasteiger charge is 2.24. The Morgan fingerprint density at radius 3 is 2.05 bits per heavy atom. The highest BCUT2D eigenvalue weighted by Crippen LogP contribution is 2.24. The molecule has 0 radical (unpaired) electrons. The van der Waals surface area contributed by atoms with Crippen molar-refractivity contribution in [2.45, 2.75) is 38.8 Å². The SMILES string of the molecule is COc1cc(/C=C/c2ccc(OC(=O)OCCNC(=O)C(Cc3ccccc3)NC(=O)OC(C)(C)C)cc2)cc(OC)c1. The first-order valence-electron chi connectivity index (χ1n) is 13.7. The maximum absolute atomic E-state index is 12.9. The van der Waals surface area contributed by atoms with Crippen molar-refractivity contribution < 1.29 is 38.1 Å². The van der Waals surface area contributed by atoms with Gasteiger partial charge < -0.3 is 34.3 Å². The highest BCUT2D eigenvalue weighted by atomic mass is 16.7. The largest absolute Gasteiger partial charge is 0.513 e. The Bertz CT molecular complexity index is 1360. The van der Waals surface area contributed by atoms with Gasteiger partial charge in [-0.25, -0.2) is 9.59 Å². The van der Waals surface area contributed by atoms with Gasteiger partial charge in [-0.05, 0) is 61.7 Å². The molecule has 0 aromatic heterocycles. The summed E-state index contributed by atoms with van der Waals surface area (Å²) in [6.07, 6.45) is 2.46. The Labute approximate surface area is 251 Å². The van der Waals surface area contributed by atoms with Crippen LogP contribution in [0.3, 0.4) is 0 Å². The molecular weight excluding hydrogens is 552 g/mol. The fourth-order valence-corrected chi connectivity index (χ4v) is 3.83. The molecule has 10 nitrogen and oxygen atoms in total. The second kappa shape index (κ2) is 15.9. The number of hydrogen-bond acceptors (Lipinski definition) is 8. The minimum absolute atomic E-state index is 0.0218. The molecule has 2 N–H and O–H groups in total. The van der Waals surface area contributed by atoms with Crippen molar-refractivity contribution in [1.29, 1.82) is 0 Å². The summed E-state index contributed by atoms with van der Waals surface area (Å²) < 4.78 is 26.2. The lowest BCUT2D eigenvalue weighted by Crippen LogP contribution is -2.49. The average Bonchev–Trinajstić information content (AvgIpc) is 2.98. The number of carbonyl (C=O) groups is 3. The van der Waals surface area contributed by atoms with Crippen LogP contribution < -0.4 is 24.8 Å². The molecular formula is C33H38N2O8.